The molecule has 0 fully saturated rings. The zero-order chi connectivity index (χ0) is 14.7. The van der Waals surface area contributed by atoms with Gasteiger partial charge >= 0.3 is 0 Å². The molecule has 0 spiro atoms. The Hall–Kier alpha value is -1.78. The third kappa shape index (κ3) is 3.40. The molecule has 104 valence electrons. The van der Waals surface area contributed by atoms with Crippen LogP contribution in [0.3, 0.4) is 0 Å². The number of rotatable bonds is 3. The highest BCUT2D eigenvalue weighted by Crippen LogP contribution is 2.27. The Morgan fingerprint density at radius 3 is 2.65 bits per heavy atom. The lowest BCUT2D eigenvalue weighted by Crippen LogP contribution is -2.24. The zero-order valence-corrected chi connectivity index (χ0v) is 11.8. The minimum Gasteiger partial charge on any atom is -0.398 e. The first kappa shape index (κ1) is 14.6. The molecule has 20 heavy (non-hydrogen) atoms. The van der Waals surface area contributed by atoms with Crippen LogP contribution in [-0.4, -0.2) is 5.91 Å². The zero-order valence-electron chi connectivity index (χ0n) is 10.3. The Balaban J connectivity index is 2.13. The quantitative estimate of drug-likeness (QED) is 0.850. The predicted molar refractivity (Wildman–Crippen MR) is 78.4 cm³/mol. The number of amides is 1. The van der Waals surface area contributed by atoms with E-state index in [1.807, 2.05) is 0 Å². The normalized spacial score (nSPS) is 10.3. The van der Waals surface area contributed by atoms with E-state index in [2.05, 4.69) is 5.32 Å². The fourth-order valence-corrected chi connectivity index (χ4v) is 2.35. The van der Waals surface area contributed by atoms with Crippen LogP contribution in [0.2, 0.25) is 10.0 Å². The van der Waals surface area contributed by atoms with Crippen molar-refractivity contribution >= 4 is 34.8 Å². The van der Waals surface area contributed by atoms with Gasteiger partial charge in [0.05, 0.1) is 10.6 Å². The Bertz CT molecular complexity index is 638. The van der Waals surface area contributed by atoms with Gasteiger partial charge in [-0.1, -0.05) is 35.3 Å². The van der Waals surface area contributed by atoms with Crippen molar-refractivity contribution in [3.63, 3.8) is 0 Å². The Kier molecular flexibility index (Phi) is 4.47. The van der Waals surface area contributed by atoms with Gasteiger partial charge < -0.3 is 11.1 Å². The minimum atomic E-state index is -0.437. The van der Waals surface area contributed by atoms with Gasteiger partial charge in [0.25, 0.3) is 5.91 Å². The number of carbonyl (C=O) groups excluding carboxylic acids is 1. The summed E-state index contributed by atoms with van der Waals surface area (Å²) in [6, 6.07) is 8.84. The number of halogens is 3. The lowest BCUT2D eigenvalue weighted by atomic mass is 10.1. The molecule has 6 heteroatoms. The van der Waals surface area contributed by atoms with E-state index in [1.165, 1.54) is 24.3 Å². The summed E-state index contributed by atoms with van der Waals surface area (Å²) in [4.78, 5) is 12.0. The molecular weight excluding hydrogens is 302 g/mol. The third-order valence-corrected chi connectivity index (χ3v) is 3.17. The SMILES string of the molecule is Nc1cc(Cl)cc(Cl)c1C(=O)NCc1cccc(F)c1. The van der Waals surface area contributed by atoms with E-state index in [1.54, 1.807) is 12.1 Å². The van der Waals surface area contributed by atoms with Crippen LogP contribution in [-0.2, 0) is 6.54 Å². The van der Waals surface area contributed by atoms with Crippen LogP contribution in [0.5, 0.6) is 0 Å². The van der Waals surface area contributed by atoms with E-state index in [9.17, 15) is 9.18 Å². The minimum absolute atomic E-state index is 0.160. The van der Waals surface area contributed by atoms with Gasteiger partial charge in [-0.2, -0.15) is 0 Å². The summed E-state index contributed by atoms with van der Waals surface area (Å²) in [5.74, 6) is -0.797. The van der Waals surface area contributed by atoms with E-state index < -0.39 is 5.91 Å². The van der Waals surface area contributed by atoms with Gasteiger partial charge in [0, 0.05) is 17.3 Å². The van der Waals surface area contributed by atoms with Gasteiger partial charge in [-0.05, 0) is 29.8 Å². The number of nitrogens with two attached hydrogens (primary N) is 1. The van der Waals surface area contributed by atoms with Crippen LogP contribution >= 0.6 is 23.2 Å². The molecule has 0 aromatic heterocycles. The average Bonchev–Trinajstić information content (AvgIpc) is 2.35. The monoisotopic (exact) mass is 312 g/mol. The molecule has 0 radical (unpaired) electrons. The van der Waals surface area contributed by atoms with Crippen molar-refractivity contribution in [2.24, 2.45) is 0 Å². The fraction of sp³-hybridized carbons (Fsp3) is 0.0714. The Morgan fingerprint density at radius 2 is 2.00 bits per heavy atom. The fourth-order valence-electron chi connectivity index (χ4n) is 1.75. The molecule has 0 saturated carbocycles. The average molecular weight is 313 g/mol. The molecule has 0 atom stereocenters. The van der Waals surface area contributed by atoms with Crippen molar-refractivity contribution in [1.82, 2.24) is 5.32 Å². The van der Waals surface area contributed by atoms with Gasteiger partial charge in [0.1, 0.15) is 5.82 Å². The smallest absolute Gasteiger partial charge is 0.255 e. The van der Waals surface area contributed by atoms with Gasteiger partial charge in [-0.25, -0.2) is 4.39 Å². The van der Waals surface area contributed by atoms with Crippen LogP contribution in [0.1, 0.15) is 15.9 Å². The summed E-state index contributed by atoms with van der Waals surface area (Å²) in [6.45, 7) is 0.176. The van der Waals surface area contributed by atoms with Crippen molar-refractivity contribution in [3.05, 3.63) is 63.4 Å². The lowest BCUT2D eigenvalue weighted by molar-refractivity contribution is 0.0952. The molecule has 1 amide bonds. The second-order valence-electron chi connectivity index (χ2n) is 4.16. The van der Waals surface area contributed by atoms with Crippen LogP contribution in [0.4, 0.5) is 10.1 Å². The molecular formula is C14H11Cl2FN2O. The molecule has 3 nitrogen and oxygen atoms in total. The van der Waals surface area contributed by atoms with Gasteiger partial charge in [0.15, 0.2) is 0 Å². The lowest BCUT2D eigenvalue weighted by Gasteiger charge is -2.10. The number of carbonyl (C=O) groups is 1. The van der Waals surface area contributed by atoms with E-state index in [0.29, 0.717) is 10.6 Å². The number of hydrogen-bond donors (Lipinski definition) is 2. The first-order chi connectivity index (χ1) is 9.47. The summed E-state index contributed by atoms with van der Waals surface area (Å²) < 4.78 is 13.0. The Labute approximate surface area is 125 Å². The van der Waals surface area contributed by atoms with Crippen molar-refractivity contribution < 1.29 is 9.18 Å². The molecule has 2 aromatic rings. The molecule has 0 unspecified atom stereocenters. The molecule has 0 heterocycles. The number of benzene rings is 2. The topological polar surface area (TPSA) is 55.1 Å². The maximum Gasteiger partial charge on any atom is 0.255 e. The summed E-state index contributed by atoms with van der Waals surface area (Å²) in [5.41, 5.74) is 6.72. The van der Waals surface area contributed by atoms with Crippen molar-refractivity contribution in [1.29, 1.82) is 0 Å². The summed E-state index contributed by atoms with van der Waals surface area (Å²) >= 11 is 11.7. The van der Waals surface area contributed by atoms with Crippen molar-refractivity contribution in [3.8, 4) is 0 Å². The highest BCUT2D eigenvalue weighted by atomic mass is 35.5. The number of hydrogen-bond acceptors (Lipinski definition) is 2. The van der Waals surface area contributed by atoms with Crippen LogP contribution in [0.25, 0.3) is 0 Å². The van der Waals surface area contributed by atoms with E-state index in [-0.39, 0.29) is 28.6 Å². The first-order valence-corrected chi connectivity index (χ1v) is 6.50. The summed E-state index contributed by atoms with van der Waals surface area (Å²) in [5, 5.41) is 3.16. The molecule has 0 bridgehead atoms. The van der Waals surface area contributed by atoms with Crippen molar-refractivity contribution in [2.75, 3.05) is 5.73 Å². The maximum absolute atomic E-state index is 13.0. The highest BCUT2D eigenvalue weighted by molar-refractivity contribution is 6.37. The molecule has 0 aliphatic carbocycles. The largest absolute Gasteiger partial charge is 0.398 e. The van der Waals surface area contributed by atoms with Crippen LogP contribution in [0.15, 0.2) is 36.4 Å². The second-order valence-corrected chi connectivity index (χ2v) is 5.01. The van der Waals surface area contributed by atoms with Gasteiger partial charge in [-0.15, -0.1) is 0 Å². The van der Waals surface area contributed by atoms with Gasteiger partial charge in [0.2, 0.25) is 0 Å². The summed E-state index contributed by atoms with van der Waals surface area (Å²) in [7, 11) is 0. The molecule has 0 saturated heterocycles. The number of anilines is 1. The van der Waals surface area contributed by atoms with E-state index >= 15 is 0 Å². The molecule has 0 aliphatic heterocycles. The predicted octanol–water partition coefficient (Wildman–Crippen LogP) is 3.64. The second kappa shape index (κ2) is 6.11. The maximum atomic E-state index is 13.0. The standard InChI is InChI=1S/C14H11Cl2FN2O/c15-9-5-11(16)13(12(18)6-9)14(20)19-7-8-2-1-3-10(17)4-8/h1-6H,7,18H2,(H,19,20). The number of nitrogens with one attached hydrogen (secondary N) is 1. The van der Waals surface area contributed by atoms with Gasteiger partial charge in [-0.3, -0.25) is 4.79 Å². The third-order valence-electron chi connectivity index (χ3n) is 2.65. The molecule has 2 rings (SSSR count). The summed E-state index contributed by atoms with van der Waals surface area (Å²) in [6.07, 6.45) is 0. The first-order valence-electron chi connectivity index (χ1n) is 5.74. The molecule has 3 N–H and O–H groups in total. The van der Waals surface area contributed by atoms with E-state index in [4.69, 9.17) is 28.9 Å². The Morgan fingerprint density at radius 1 is 1.25 bits per heavy atom. The molecule has 2 aromatic carbocycles. The molecule has 0 aliphatic rings. The highest BCUT2D eigenvalue weighted by Gasteiger charge is 2.15. The van der Waals surface area contributed by atoms with Crippen LogP contribution < -0.4 is 11.1 Å². The van der Waals surface area contributed by atoms with E-state index in [0.717, 1.165) is 0 Å². The number of nitrogen functional groups attached to an aromatic ring is 1. The van der Waals surface area contributed by atoms with Crippen LogP contribution in [0, 0.1) is 5.82 Å². The van der Waals surface area contributed by atoms with Crippen molar-refractivity contribution in [2.45, 2.75) is 6.54 Å².